The van der Waals surface area contributed by atoms with Crippen LogP contribution in [-0.2, 0) is 4.79 Å². The number of hydrogen-bond acceptors (Lipinski definition) is 1. The van der Waals surface area contributed by atoms with Crippen LogP contribution in [0.2, 0.25) is 0 Å². The quantitative estimate of drug-likeness (QED) is 0.465. The Morgan fingerprint density at radius 2 is 1.42 bits per heavy atom. The van der Waals surface area contributed by atoms with Crippen LogP contribution in [0.15, 0.2) is 12.2 Å². The van der Waals surface area contributed by atoms with Gasteiger partial charge < -0.3 is 0 Å². The summed E-state index contributed by atoms with van der Waals surface area (Å²) in [5.41, 5.74) is 0. The molecular formula is C16H26Br2O. The first kappa shape index (κ1) is 17.4. The molecule has 0 fully saturated rings. The number of ketones is 1. The molecule has 0 aromatic heterocycles. The highest BCUT2D eigenvalue weighted by Crippen LogP contribution is 2.25. The second kappa shape index (κ2) is 11.1. The minimum atomic E-state index is 0.311. The van der Waals surface area contributed by atoms with E-state index in [4.69, 9.17) is 0 Å². The van der Waals surface area contributed by atoms with Crippen LogP contribution in [-0.4, -0.2) is 15.4 Å². The Bertz CT molecular complexity index is 276. The smallest absolute Gasteiger partial charge is 0.155 e. The van der Waals surface area contributed by atoms with Gasteiger partial charge in [-0.15, -0.1) is 0 Å². The number of carbonyl (C=O) groups excluding carboxylic acids is 1. The van der Waals surface area contributed by atoms with Crippen molar-refractivity contribution in [1.82, 2.24) is 0 Å². The molecule has 1 rings (SSSR count). The molecule has 0 N–H and O–H groups in total. The van der Waals surface area contributed by atoms with Gasteiger partial charge in [0, 0.05) is 16.1 Å². The van der Waals surface area contributed by atoms with Gasteiger partial charge in [-0.3, -0.25) is 4.79 Å². The highest BCUT2D eigenvalue weighted by molar-refractivity contribution is 9.12. The highest BCUT2D eigenvalue weighted by Gasteiger charge is 2.14. The zero-order valence-electron chi connectivity index (χ0n) is 11.8. The van der Waals surface area contributed by atoms with Gasteiger partial charge in [0.1, 0.15) is 0 Å². The Morgan fingerprint density at radius 1 is 0.842 bits per heavy atom. The molecule has 0 radical (unpaired) electrons. The normalized spacial score (nSPS) is 29.3. The average Bonchev–Trinajstić information content (AvgIpc) is 2.39. The number of alkyl halides is 2. The molecule has 2 unspecified atom stereocenters. The number of rotatable bonds is 0. The van der Waals surface area contributed by atoms with Gasteiger partial charge in [0.05, 0.1) is 0 Å². The Labute approximate surface area is 134 Å². The monoisotopic (exact) mass is 392 g/mol. The topological polar surface area (TPSA) is 17.1 Å². The van der Waals surface area contributed by atoms with E-state index in [9.17, 15) is 4.79 Å². The SMILES string of the molecule is O=C1C=CCCCCC(Br)C(Br)CCCCCCC1. The molecule has 0 spiro atoms. The van der Waals surface area contributed by atoms with Crippen molar-refractivity contribution in [2.24, 2.45) is 0 Å². The predicted molar refractivity (Wildman–Crippen MR) is 90.4 cm³/mol. The number of carbonyl (C=O) groups is 1. The maximum Gasteiger partial charge on any atom is 0.155 e. The fourth-order valence-corrected chi connectivity index (χ4v) is 3.61. The minimum Gasteiger partial charge on any atom is -0.295 e. The van der Waals surface area contributed by atoms with E-state index >= 15 is 0 Å². The van der Waals surface area contributed by atoms with Crippen LogP contribution in [0.1, 0.15) is 70.6 Å². The van der Waals surface area contributed by atoms with Crippen molar-refractivity contribution in [2.75, 3.05) is 0 Å². The third-order valence-corrected chi connectivity index (χ3v) is 6.60. The first-order valence-electron chi connectivity index (χ1n) is 7.67. The molecule has 0 heterocycles. The Balaban J connectivity index is 2.36. The van der Waals surface area contributed by atoms with Gasteiger partial charge in [0.2, 0.25) is 0 Å². The third-order valence-electron chi connectivity index (χ3n) is 3.70. The molecule has 19 heavy (non-hydrogen) atoms. The molecule has 0 aromatic rings. The van der Waals surface area contributed by atoms with Crippen molar-refractivity contribution < 1.29 is 4.79 Å². The molecule has 0 saturated carbocycles. The van der Waals surface area contributed by atoms with E-state index in [0.29, 0.717) is 15.4 Å². The second-order valence-corrected chi connectivity index (χ2v) is 7.84. The highest BCUT2D eigenvalue weighted by atomic mass is 79.9. The van der Waals surface area contributed by atoms with E-state index in [1.165, 1.54) is 51.4 Å². The van der Waals surface area contributed by atoms with E-state index in [1.54, 1.807) is 6.08 Å². The maximum absolute atomic E-state index is 11.6. The number of hydrogen-bond donors (Lipinski definition) is 0. The summed E-state index contributed by atoms with van der Waals surface area (Å²) >= 11 is 7.61. The number of halogens is 2. The zero-order chi connectivity index (χ0) is 13.9. The van der Waals surface area contributed by atoms with Gasteiger partial charge in [0.15, 0.2) is 5.78 Å². The molecule has 110 valence electrons. The van der Waals surface area contributed by atoms with Crippen LogP contribution in [0.25, 0.3) is 0 Å². The van der Waals surface area contributed by atoms with Crippen molar-refractivity contribution in [3.8, 4) is 0 Å². The lowest BCUT2D eigenvalue weighted by molar-refractivity contribution is -0.114. The van der Waals surface area contributed by atoms with E-state index in [-0.39, 0.29) is 0 Å². The first-order valence-corrected chi connectivity index (χ1v) is 9.51. The molecule has 0 saturated heterocycles. The predicted octanol–water partition coefficient (Wildman–Crippen LogP) is 5.94. The van der Waals surface area contributed by atoms with Crippen LogP contribution in [0.4, 0.5) is 0 Å². The standard InChI is InChI=1S/C16H26Br2O/c17-15-12-8-3-1-2-6-10-14(19)11-7-4-5-9-13-16(15)18/h7,11,15-16H,1-6,8-10,12-13H2. The summed E-state index contributed by atoms with van der Waals surface area (Å²) in [5.74, 6) is 0.311. The largest absolute Gasteiger partial charge is 0.295 e. The van der Waals surface area contributed by atoms with Gasteiger partial charge in [-0.25, -0.2) is 0 Å². The van der Waals surface area contributed by atoms with Crippen LogP contribution in [0.3, 0.4) is 0 Å². The van der Waals surface area contributed by atoms with E-state index in [1.807, 2.05) is 0 Å². The van der Waals surface area contributed by atoms with Crippen LogP contribution >= 0.6 is 31.9 Å². The molecule has 3 heteroatoms. The van der Waals surface area contributed by atoms with Gasteiger partial charge in [-0.1, -0.05) is 70.0 Å². The van der Waals surface area contributed by atoms with Crippen molar-refractivity contribution in [3.63, 3.8) is 0 Å². The summed E-state index contributed by atoms with van der Waals surface area (Å²) in [5, 5.41) is 0. The maximum atomic E-state index is 11.6. The molecule has 2 atom stereocenters. The third kappa shape index (κ3) is 9.01. The van der Waals surface area contributed by atoms with Gasteiger partial charge in [0.25, 0.3) is 0 Å². The Hall–Kier alpha value is 0.370. The zero-order valence-corrected chi connectivity index (χ0v) is 14.9. The second-order valence-electron chi connectivity index (χ2n) is 5.49. The average molecular weight is 394 g/mol. The van der Waals surface area contributed by atoms with Crippen molar-refractivity contribution >= 4 is 37.6 Å². The molecule has 0 aliphatic heterocycles. The first-order chi connectivity index (χ1) is 9.20. The molecular weight excluding hydrogens is 368 g/mol. The summed E-state index contributed by atoms with van der Waals surface area (Å²) in [4.78, 5) is 12.8. The molecule has 0 amide bonds. The molecule has 1 aliphatic carbocycles. The Kier molecular flexibility index (Phi) is 10.2. The lowest BCUT2D eigenvalue weighted by Gasteiger charge is -2.16. The summed E-state index contributed by atoms with van der Waals surface area (Å²) in [6.07, 6.45) is 16.6. The van der Waals surface area contributed by atoms with Crippen LogP contribution in [0.5, 0.6) is 0 Å². The van der Waals surface area contributed by atoms with Crippen LogP contribution < -0.4 is 0 Å². The van der Waals surface area contributed by atoms with Crippen molar-refractivity contribution in [1.29, 1.82) is 0 Å². The summed E-state index contributed by atoms with van der Waals surface area (Å²) < 4.78 is 0. The lowest BCUT2D eigenvalue weighted by atomic mass is 10.0. The van der Waals surface area contributed by atoms with E-state index in [2.05, 4.69) is 37.9 Å². The van der Waals surface area contributed by atoms with Crippen molar-refractivity contribution in [2.45, 2.75) is 80.3 Å². The van der Waals surface area contributed by atoms with Gasteiger partial charge in [-0.2, -0.15) is 0 Å². The van der Waals surface area contributed by atoms with Gasteiger partial charge >= 0.3 is 0 Å². The fraction of sp³-hybridized carbons (Fsp3) is 0.812. The van der Waals surface area contributed by atoms with Crippen molar-refractivity contribution in [3.05, 3.63) is 12.2 Å². The number of allylic oxidation sites excluding steroid dienone is 2. The molecule has 0 bridgehead atoms. The van der Waals surface area contributed by atoms with E-state index in [0.717, 1.165) is 19.3 Å². The van der Waals surface area contributed by atoms with Crippen LogP contribution in [0, 0.1) is 0 Å². The molecule has 0 aromatic carbocycles. The summed E-state index contributed by atoms with van der Waals surface area (Å²) in [7, 11) is 0. The minimum absolute atomic E-state index is 0.311. The lowest BCUT2D eigenvalue weighted by Crippen LogP contribution is -2.13. The fourth-order valence-electron chi connectivity index (χ4n) is 2.43. The molecule has 1 aliphatic rings. The Morgan fingerprint density at radius 3 is 2.16 bits per heavy atom. The summed E-state index contributed by atoms with van der Waals surface area (Å²) in [6.45, 7) is 0. The molecule has 1 nitrogen and oxygen atoms in total. The summed E-state index contributed by atoms with van der Waals surface area (Å²) in [6, 6.07) is 0. The van der Waals surface area contributed by atoms with Gasteiger partial charge in [-0.05, 0) is 38.2 Å². The van der Waals surface area contributed by atoms with E-state index < -0.39 is 0 Å².